The third kappa shape index (κ3) is 6.09. The van der Waals surface area contributed by atoms with Crippen molar-refractivity contribution in [2.75, 3.05) is 26.4 Å². The Hall–Kier alpha value is -4.43. The summed E-state index contributed by atoms with van der Waals surface area (Å²) in [5, 5.41) is 12.5. The maximum absolute atomic E-state index is 13.8. The van der Waals surface area contributed by atoms with Gasteiger partial charge >= 0.3 is 12.1 Å². The van der Waals surface area contributed by atoms with E-state index in [4.69, 9.17) is 20.4 Å². The number of amides is 1. The second-order valence-corrected chi connectivity index (χ2v) is 11.6. The zero-order chi connectivity index (χ0) is 30.9. The van der Waals surface area contributed by atoms with E-state index in [1.807, 2.05) is 36.4 Å². The summed E-state index contributed by atoms with van der Waals surface area (Å²) in [4.78, 5) is 26.6. The molecule has 3 aromatic carbocycles. The molecule has 1 aromatic heterocycles. The van der Waals surface area contributed by atoms with Gasteiger partial charge in [-0.2, -0.15) is 17.5 Å². The standard InChI is InChI=1S/C26H26N4O4S.C2HF3O2/c1-30(35(32,33)22-9-6-18-5-8-21(34-2)14-20(18)15-22)26(11-12-28-25(26)31)16-17-3-4-19-7-10-24(27)29-23(19)13-17;3-2(4,5)1(6)7/h3-10,13-15H,11-12,16H2,1-2H3,(H2,27,29)(H,28,31);(H,6,7)/t26-;/m1./s1. The number of aromatic nitrogens is 1. The van der Waals surface area contributed by atoms with Crippen LogP contribution in [0.1, 0.15) is 12.0 Å². The number of carbonyl (C=O) groups excluding carboxylic acids is 1. The second-order valence-electron chi connectivity index (χ2n) is 9.63. The molecular formula is C28H27F3N4O6S. The molecule has 0 aliphatic carbocycles. The highest BCUT2D eigenvalue weighted by Gasteiger charge is 2.50. The number of carboxylic acid groups (broad SMARTS) is 1. The minimum Gasteiger partial charge on any atom is -0.497 e. The Morgan fingerprint density at radius 3 is 2.33 bits per heavy atom. The number of pyridine rings is 1. The number of rotatable bonds is 6. The van der Waals surface area contributed by atoms with Crippen LogP contribution in [-0.4, -0.2) is 67.1 Å². The molecule has 1 aliphatic rings. The number of anilines is 1. The van der Waals surface area contributed by atoms with E-state index in [2.05, 4.69) is 10.3 Å². The van der Waals surface area contributed by atoms with Crippen LogP contribution in [0.25, 0.3) is 21.7 Å². The first-order valence-corrected chi connectivity index (χ1v) is 13.9. The average molecular weight is 605 g/mol. The normalized spacial score (nSPS) is 17.1. The van der Waals surface area contributed by atoms with Crippen molar-refractivity contribution < 1.29 is 41.0 Å². The van der Waals surface area contributed by atoms with Crippen LogP contribution in [0.2, 0.25) is 0 Å². The molecule has 2 heterocycles. The number of carbonyl (C=O) groups is 2. The lowest BCUT2D eigenvalue weighted by Crippen LogP contribution is -2.55. The molecule has 4 N–H and O–H groups in total. The molecular weight excluding hydrogens is 577 g/mol. The van der Waals surface area contributed by atoms with Gasteiger partial charge in [-0.25, -0.2) is 18.2 Å². The molecule has 1 aliphatic heterocycles. The first-order chi connectivity index (χ1) is 19.7. The number of fused-ring (bicyclic) bond motifs is 2. The Labute approximate surface area is 238 Å². The van der Waals surface area contributed by atoms with Gasteiger partial charge < -0.3 is 20.9 Å². The molecule has 10 nitrogen and oxygen atoms in total. The lowest BCUT2D eigenvalue weighted by atomic mass is 9.89. The van der Waals surface area contributed by atoms with Crippen molar-refractivity contribution in [3.8, 4) is 5.75 Å². The zero-order valence-corrected chi connectivity index (χ0v) is 23.3. The van der Waals surface area contributed by atoms with Crippen molar-refractivity contribution >= 4 is 49.4 Å². The fourth-order valence-electron chi connectivity index (χ4n) is 4.75. The second kappa shape index (κ2) is 11.4. The summed E-state index contributed by atoms with van der Waals surface area (Å²) in [6.07, 6.45) is -4.52. The van der Waals surface area contributed by atoms with Gasteiger partial charge in [-0.05, 0) is 65.2 Å². The Bertz CT molecular complexity index is 1780. The number of aliphatic carboxylic acids is 1. The predicted molar refractivity (Wildman–Crippen MR) is 149 cm³/mol. The first kappa shape index (κ1) is 30.5. The third-order valence-electron chi connectivity index (χ3n) is 7.04. The minimum absolute atomic E-state index is 0.118. The smallest absolute Gasteiger partial charge is 0.490 e. The summed E-state index contributed by atoms with van der Waals surface area (Å²) in [5.74, 6) is -2.03. The van der Waals surface area contributed by atoms with Crippen LogP contribution in [0.4, 0.5) is 19.0 Å². The fraction of sp³-hybridized carbons (Fsp3) is 0.250. The van der Waals surface area contributed by atoms with Crippen molar-refractivity contribution in [2.24, 2.45) is 0 Å². The molecule has 0 saturated carbocycles. The lowest BCUT2D eigenvalue weighted by molar-refractivity contribution is -0.192. The number of ether oxygens (including phenoxy) is 1. The van der Waals surface area contributed by atoms with Gasteiger partial charge in [-0.3, -0.25) is 4.79 Å². The Kier molecular flexibility index (Phi) is 8.32. The number of hydrogen-bond acceptors (Lipinski definition) is 7. The topological polar surface area (TPSA) is 152 Å². The van der Waals surface area contributed by atoms with Crippen molar-refractivity contribution in [3.63, 3.8) is 0 Å². The van der Waals surface area contributed by atoms with Gasteiger partial charge in [0.1, 0.15) is 17.1 Å². The zero-order valence-electron chi connectivity index (χ0n) is 22.5. The number of nitrogens with two attached hydrogens (primary N) is 1. The molecule has 14 heteroatoms. The molecule has 1 fully saturated rings. The summed E-state index contributed by atoms with van der Waals surface area (Å²) in [6.45, 7) is 0.395. The molecule has 0 radical (unpaired) electrons. The first-order valence-electron chi connectivity index (χ1n) is 12.5. The number of hydrogen-bond donors (Lipinski definition) is 3. The van der Waals surface area contributed by atoms with Crippen molar-refractivity contribution in [2.45, 2.75) is 29.5 Å². The van der Waals surface area contributed by atoms with Crippen LogP contribution < -0.4 is 15.8 Å². The predicted octanol–water partition coefficient (Wildman–Crippen LogP) is 3.73. The maximum atomic E-state index is 13.8. The number of halogens is 3. The highest BCUT2D eigenvalue weighted by molar-refractivity contribution is 7.89. The van der Waals surface area contributed by atoms with Gasteiger partial charge in [0.2, 0.25) is 15.9 Å². The number of carboxylic acids is 1. The van der Waals surface area contributed by atoms with E-state index in [0.29, 0.717) is 30.0 Å². The summed E-state index contributed by atoms with van der Waals surface area (Å²) in [7, 11) is -0.954. The molecule has 0 bridgehead atoms. The number of nitrogens with one attached hydrogen (secondary N) is 1. The summed E-state index contributed by atoms with van der Waals surface area (Å²) in [6, 6.07) is 19.7. The van der Waals surface area contributed by atoms with E-state index >= 15 is 0 Å². The van der Waals surface area contributed by atoms with Crippen LogP contribution in [-0.2, 0) is 26.0 Å². The van der Waals surface area contributed by atoms with Crippen LogP contribution in [0.15, 0.2) is 71.6 Å². The molecule has 42 heavy (non-hydrogen) atoms. The Morgan fingerprint density at radius 1 is 1.07 bits per heavy atom. The number of nitrogen functional groups attached to an aromatic ring is 1. The van der Waals surface area contributed by atoms with Crippen LogP contribution in [0.5, 0.6) is 5.75 Å². The summed E-state index contributed by atoms with van der Waals surface area (Å²) >= 11 is 0. The minimum atomic E-state index is -5.08. The molecule has 0 unspecified atom stereocenters. The number of likely N-dealkylation sites (N-methyl/N-ethyl adjacent to an activating group) is 1. The maximum Gasteiger partial charge on any atom is 0.490 e. The number of methoxy groups -OCH3 is 1. The molecule has 1 saturated heterocycles. The van der Waals surface area contributed by atoms with E-state index in [1.54, 1.807) is 37.4 Å². The van der Waals surface area contributed by atoms with Gasteiger partial charge in [-0.1, -0.05) is 24.3 Å². The van der Waals surface area contributed by atoms with E-state index < -0.39 is 27.7 Å². The Morgan fingerprint density at radius 2 is 1.71 bits per heavy atom. The van der Waals surface area contributed by atoms with Gasteiger partial charge in [0, 0.05) is 25.4 Å². The molecule has 5 rings (SSSR count). The Balaban J connectivity index is 0.000000517. The largest absolute Gasteiger partial charge is 0.497 e. The van der Waals surface area contributed by atoms with Gasteiger partial charge in [0.05, 0.1) is 17.5 Å². The monoisotopic (exact) mass is 604 g/mol. The SMILES string of the molecule is COc1ccc2ccc(S(=O)(=O)N(C)[C@@]3(Cc4ccc5ccc(N)nc5c4)CCNC3=O)cc2c1.O=C(O)C(F)(F)F. The van der Waals surface area contributed by atoms with E-state index in [1.165, 1.54) is 11.4 Å². The highest BCUT2D eigenvalue weighted by atomic mass is 32.2. The van der Waals surface area contributed by atoms with Crippen molar-refractivity contribution in [3.05, 3.63) is 72.3 Å². The average Bonchev–Trinajstić information content (AvgIpc) is 3.31. The van der Waals surface area contributed by atoms with E-state index in [-0.39, 0.29) is 17.2 Å². The van der Waals surface area contributed by atoms with Crippen LogP contribution in [0, 0.1) is 0 Å². The molecule has 4 aromatic rings. The molecule has 222 valence electrons. The van der Waals surface area contributed by atoms with Gasteiger partial charge in [0.15, 0.2) is 0 Å². The van der Waals surface area contributed by atoms with Crippen molar-refractivity contribution in [1.29, 1.82) is 0 Å². The summed E-state index contributed by atoms with van der Waals surface area (Å²) < 4.78 is 65.8. The van der Waals surface area contributed by atoms with E-state index in [0.717, 1.165) is 21.7 Å². The number of benzene rings is 3. The van der Waals surface area contributed by atoms with Crippen LogP contribution >= 0.6 is 0 Å². The molecule has 0 spiro atoms. The third-order valence-corrected chi connectivity index (χ3v) is 8.96. The number of nitrogens with zero attached hydrogens (tertiary/aromatic N) is 2. The van der Waals surface area contributed by atoms with E-state index in [9.17, 15) is 26.4 Å². The van der Waals surface area contributed by atoms with Gasteiger partial charge in [0.25, 0.3) is 0 Å². The lowest BCUT2D eigenvalue weighted by Gasteiger charge is -2.35. The summed E-state index contributed by atoms with van der Waals surface area (Å²) in [5.41, 5.74) is 6.08. The van der Waals surface area contributed by atoms with Gasteiger partial charge in [-0.15, -0.1) is 0 Å². The van der Waals surface area contributed by atoms with Crippen molar-refractivity contribution in [1.82, 2.24) is 14.6 Å². The molecule has 1 atom stereocenters. The number of alkyl halides is 3. The molecule has 1 amide bonds. The number of sulfonamides is 1. The van der Waals surface area contributed by atoms with Crippen LogP contribution in [0.3, 0.4) is 0 Å². The fourth-order valence-corrected chi connectivity index (χ4v) is 6.28. The highest BCUT2D eigenvalue weighted by Crippen LogP contribution is 2.34. The quantitative estimate of drug-likeness (QED) is 0.301.